The molecule has 6 nitrogen and oxygen atoms in total. The molecule has 1 heterocycles. The predicted molar refractivity (Wildman–Crippen MR) is 56.4 cm³/mol. The van der Waals surface area contributed by atoms with E-state index < -0.39 is 17.7 Å². The lowest BCUT2D eigenvalue weighted by atomic mass is 10.0. The molecule has 1 saturated heterocycles. The van der Waals surface area contributed by atoms with Gasteiger partial charge in [0, 0.05) is 5.92 Å². The molecule has 1 aliphatic heterocycles. The number of alkyl carbamates (subject to hydrolysis) is 1. The third kappa shape index (κ3) is 3.69. The van der Waals surface area contributed by atoms with Gasteiger partial charge >= 0.3 is 6.09 Å². The Kier molecular flexibility index (Phi) is 3.74. The van der Waals surface area contributed by atoms with E-state index in [1.807, 2.05) is 6.92 Å². The molecule has 1 fully saturated rings. The van der Waals surface area contributed by atoms with Gasteiger partial charge in [-0.3, -0.25) is 9.63 Å². The molecular weight excluding hydrogens is 212 g/mol. The van der Waals surface area contributed by atoms with Gasteiger partial charge in [-0.2, -0.15) is 0 Å². The summed E-state index contributed by atoms with van der Waals surface area (Å²) in [7, 11) is 0. The van der Waals surface area contributed by atoms with Gasteiger partial charge in [-0.05, 0) is 20.8 Å². The number of ether oxygens (including phenoxy) is 1. The SMILES string of the molecule is C[C@H]1CONC(=O)[C@@H]1NC(=O)OC(C)(C)C. The van der Waals surface area contributed by atoms with Gasteiger partial charge in [0.05, 0.1) is 6.61 Å². The van der Waals surface area contributed by atoms with Gasteiger partial charge in [0.2, 0.25) is 0 Å². The Morgan fingerprint density at radius 3 is 2.69 bits per heavy atom. The molecule has 0 aromatic heterocycles. The number of hydrogen-bond donors (Lipinski definition) is 2. The van der Waals surface area contributed by atoms with Crippen molar-refractivity contribution in [3.63, 3.8) is 0 Å². The predicted octanol–water partition coefficient (Wildman–Crippen LogP) is 0.577. The third-order valence-corrected chi connectivity index (χ3v) is 2.04. The van der Waals surface area contributed by atoms with Crippen molar-refractivity contribution < 1.29 is 19.2 Å². The monoisotopic (exact) mass is 230 g/mol. The Labute approximate surface area is 94.6 Å². The van der Waals surface area contributed by atoms with Crippen molar-refractivity contribution in [2.24, 2.45) is 5.92 Å². The minimum Gasteiger partial charge on any atom is -0.444 e. The molecule has 2 atom stereocenters. The largest absolute Gasteiger partial charge is 0.444 e. The first-order valence-corrected chi connectivity index (χ1v) is 5.21. The maximum Gasteiger partial charge on any atom is 0.408 e. The first-order chi connectivity index (χ1) is 7.29. The third-order valence-electron chi connectivity index (χ3n) is 2.04. The maximum absolute atomic E-state index is 11.5. The molecule has 0 bridgehead atoms. The number of carbonyl (C=O) groups excluding carboxylic acids is 2. The fourth-order valence-corrected chi connectivity index (χ4v) is 1.30. The summed E-state index contributed by atoms with van der Waals surface area (Å²) in [6.07, 6.45) is -0.596. The molecular formula is C10H18N2O4. The van der Waals surface area contributed by atoms with Crippen LogP contribution in [0.25, 0.3) is 0 Å². The minimum atomic E-state index is -0.608. The Morgan fingerprint density at radius 2 is 2.19 bits per heavy atom. The Hall–Kier alpha value is -1.30. The van der Waals surface area contributed by atoms with Crippen molar-refractivity contribution in [3.05, 3.63) is 0 Å². The lowest BCUT2D eigenvalue weighted by molar-refractivity contribution is -0.146. The number of rotatable bonds is 1. The normalized spacial score (nSPS) is 25.9. The highest BCUT2D eigenvalue weighted by molar-refractivity contribution is 5.85. The standard InChI is InChI=1S/C10H18N2O4/c1-6-5-15-12-8(13)7(6)11-9(14)16-10(2,3)4/h6-7H,5H2,1-4H3,(H,11,14)(H,12,13)/t6-,7+/m0/s1. The highest BCUT2D eigenvalue weighted by Crippen LogP contribution is 2.11. The van der Waals surface area contributed by atoms with E-state index >= 15 is 0 Å². The second-order valence-corrected chi connectivity index (χ2v) is 4.88. The number of hydrogen-bond acceptors (Lipinski definition) is 4. The Morgan fingerprint density at radius 1 is 1.56 bits per heavy atom. The zero-order valence-electron chi connectivity index (χ0n) is 9.99. The molecule has 6 heteroatoms. The van der Waals surface area contributed by atoms with Crippen molar-refractivity contribution in [2.75, 3.05) is 6.61 Å². The van der Waals surface area contributed by atoms with Gasteiger partial charge in [0.25, 0.3) is 5.91 Å². The zero-order valence-corrected chi connectivity index (χ0v) is 9.99. The van der Waals surface area contributed by atoms with Gasteiger partial charge in [0.1, 0.15) is 11.6 Å². The molecule has 2 amide bonds. The van der Waals surface area contributed by atoms with Crippen molar-refractivity contribution in [1.82, 2.24) is 10.8 Å². The lowest BCUT2D eigenvalue weighted by Gasteiger charge is -2.29. The van der Waals surface area contributed by atoms with E-state index in [2.05, 4.69) is 10.8 Å². The molecule has 0 unspecified atom stereocenters. The van der Waals surface area contributed by atoms with Crippen LogP contribution in [-0.4, -0.2) is 30.3 Å². The van der Waals surface area contributed by atoms with Crippen LogP contribution in [0.15, 0.2) is 0 Å². The fourth-order valence-electron chi connectivity index (χ4n) is 1.30. The number of hydroxylamine groups is 1. The van der Waals surface area contributed by atoms with E-state index in [0.717, 1.165) is 0 Å². The fraction of sp³-hybridized carbons (Fsp3) is 0.800. The summed E-state index contributed by atoms with van der Waals surface area (Å²) in [5, 5.41) is 2.52. The molecule has 0 aromatic carbocycles. The van der Waals surface area contributed by atoms with E-state index in [9.17, 15) is 9.59 Å². The van der Waals surface area contributed by atoms with Crippen LogP contribution < -0.4 is 10.8 Å². The lowest BCUT2D eigenvalue weighted by Crippen LogP contribution is -2.56. The van der Waals surface area contributed by atoms with E-state index in [1.54, 1.807) is 20.8 Å². The average Bonchev–Trinajstić information content (AvgIpc) is 2.08. The zero-order chi connectivity index (χ0) is 12.3. The summed E-state index contributed by atoms with van der Waals surface area (Å²) < 4.78 is 5.07. The van der Waals surface area contributed by atoms with Crippen molar-refractivity contribution in [1.29, 1.82) is 0 Å². The average molecular weight is 230 g/mol. The van der Waals surface area contributed by atoms with Crippen LogP contribution in [0.4, 0.5) is 4.79 Å². The number of amides is 2. The van der Waals surface area contributed by atoms with Crippen LogP contribution in [0.2, 0.25) is 0 Å². The van der Waals surface area contributed by atoms with Gasteiger partial charge in [-0.15, -0.1) is 0 Å². The topological polar surface area (TPSA) is 76.7 Å². The molecule has 0 saturated carbocycles. The highest BCUT2D eigenvalue weighted by atomic mass is 16.7. The summed E-state index contributed by atoms with van der Waals surface area (Å²) in [6, 6.07) is -0.608. The van der Waals surface area contributed by atoms with Crippen molar-refractivity contribution in [2.45, 2.75) is 39.3 Å². The second kappa shape index (κ2) is 4.69. The van der Waals surface area contributed by atoms with Crippen LogP contribution in [0.3, 0.4) is 0 Å². The first kappa shape index (κ1) is 12.8. The molecule has 1 aliphatic rings. The summed E-state index contributed by atoms with van der Waals surface area (Å²) >= 11 is 0. The number of carbonyl (C=O) groups is 2. The molecule has 1 rings (SSSR count). The minimum absolute atomic E-state index is 0.0822. The van der Waals surface area contributed by atoms with Crippen LogP contribution in [0.1, 0.15) is 27.7 Å². The second-order valence-electron chi connectivity index (χ2n) is 4.88. The number of nitrogens with one attached hydrogen (secondary N) is 2. The van der Waals surface area contributed by atoms with Crippen molar-refractivity contribution >= 4 is 12.0 Å². The van der Waals surface area contributed by atoms with Gasteiger partial charge in [-0.25, -0.2) is 10.3 Å². The summed E-state index contributed by atoms with van der Waals surface area (Å²) in [6.45, 7) is 7.48. The van der Waals surface area contributed by atoms with Crippen LogP contribution >= 0.6 is 0 Å². The molecule has 2 N–H and O–H groups in total. The highest BCUT2D eigenvalue weighted by Gasteiger charge is 2.32. The Balaban J connectivity index is 2.52. The molecule has 92 valence electrons. The molecule has 16 heavy (non-hydrogen) atoms. The van der Waals surface area contributed by atoms with Crippen molar-refractivity contribution in [3.8, 4) is 0 Å². The molecule has 0 aromatic rings. The van der Waals surface area contributed by atoms with E-state index in [1.165, 1.54) is 0 Å². The smallest absolute Gasteiger partial charge is 0.408 e. The van der Waals surface area contributed by atoms with Crippen LogP contribution in [-0.2, 0) is 14.4 Å². The summed E-state index contributed by atoms with van der Waals surface area (Å²) in [5.41, 5.74) is 1.65. The molecule has 0 radical (unpaired) electrons. The molecule has 0 spiro atoms. The van der Waals surface area contributed by atoms with E-state index in [0.29, 0.717) is 6.61 Å². The van der Waals surface area contributed by atoms with Crippen LogP contribution in [0.5, 0.6) is 0 Å². The summed E-state index contributed by atoms with van der Waals surface area (Å²) in [4.78, 5) is 27.7. The van der Waals surface area contributed by atoms with Crippen LogP contribution in [0, 0.1) is 5.92 Å². The molecule has 0 aliphatic carbocycles. The van der Waals surface area contributed by atoms with Gasteiger partial charge in [-0.1, -0.05) is 6.92 Å². The first-order valence-electron chi connectivity index (χ1n) is 5.21. The Bertz CT molecular complexity index is 285. The van der Waals surface area contributed by atoms with Gasteiger partial charge < -0.3 is 10.1 Å². The quantitative estimate of drug-likeness (QED) is 0.690. The maximum atomic E-state index is 11.5. The van der Waals surface area contributed by atoms with E-state index in [4.69, 9.17) is 9.57 Å². The van der Waals surface area contributed by atoms with Gasteiger partial charge in [0.15, 0.2) is 0 Å². The van der Waals surface area contributed by atoms with E-state index in [-0.39, 0.29) is 11.8 Å². The summed E-state index contributed by atoms with van der Waals surface area (Å²) in [5.74, 6) is -0.439.